The zero-order valence-corrected chi connectivity index (χ0v) is 9.28. The first-order valence-electron chi connectivity index (χ1n) is 4.46. The molecule has 2 rings (SSSR count). The van der Waals surface area contributed by atoms with Gasteiger partial charge in [-0.3, -0.25) is 0 Å². The number of hydrogen-bond donors (Lipinski definition) is 1. The lowest BCUT2D eigenvalue weighted by molar-refractivity contribution is 0.0470. The number of nitrogen functional groups attached to an aromatic ring is 1. The molecule has 0 atom stereocenters. The molecule has 16 heavy (non-hydrogen) atoms. The molecule has 0 bridgehead atoms. The Labute approximate surface area is 95.0 Å². The number of hydrogen-bond acceptors (Lipinski definition) is 7. The molecule has 6 nitrogen and oxygen atoms in total. The summed E-state index contributed by atoms with van der Waals surface area (Å²) in [4.78, 5) is 12.0. The number of esters is 1. The molecule has 2 N–H and O–H groups in total. The molecule has 0 spiro atoms. The van der Waals surface area contributed by atoms with Gasteiger partial charge in [-0.1, -0.05) is 10.3 Å². The summed E-state index contributed by atoms with van der Waals surface area (Å²) in [7, 11) is 0. The van der Waals surface area contributed by atoms with E-state index >= 15 is 0 Å². The normalized spacial score (nSPS) is 10.3. The topological polar surface area (TPSA) is 91.2 Å². The van der Waals surface area contributed by atoms with Crippen LogP contribution in [0.15, 0.2) is 16.1 Å². The SMILES string of the molecule is Cc1nonc1COC(=O)c1sccc1N. The number of ether oxygens (including phenoxy) is 1. The van der Waals surface area contributed by atoms with Gasteiger partial charge in [0.05, 0.1) is 5.69 Å². The maximum Gasteiger partial charge on any atom is 0.350 e. The largest absolute Gasteiger partial charge is 0.455 e. The van der Waals surface area contributed by atoms with Crippen molar-refractivity contribution in [3.05, 3.63) is 27.7 Å². The highest BCUT2D eigenvalue weighted by Crippen LogP contribution is 2.20. The van der Waals surface area contributed by atoms with Crippen molar-refractivity contribution < 1.29 is 14.2 Å². The number of carbonyl (C=O) groups excluding carboxylic acids is 1. The average molecular weight is 239 g/mol. The molecule has 2 aromatic heterocycles. The first-order valence-corrected chi connectivity index (χ1v) is 5.34. The van der Waals surface area contributed by atoms with E-state index < -0.39 is 5.97 Å². The van der Waals surface area contributed by atoms with Crippen LogP contribution in [0.5, 0.6) is 0 Å². The number of thiophene rings is 1. The fourth-order valence-corrected chi connectivity index (χ4v) is 1.77. The van der Waals surface area contributed by atoms with E-state index in [0.29, 0.717) is 22.0 Å². The van der Waals surface area contributed by atoms with Crippen LogP contribution in [0.2, 0.25) is 0 Å². The van der Waals surface area contributed by atoms with Crippen molar-refractivity contribution in [1.82, 2.24) is 10.3 Å². The molecule has 0 aromatic carbocycles. The number of aryl methyl sites for hydroxylation is 1. The second-order valence-corrected chi connectivity index (χ2v) is 3.99. The number of rotatable bonds is 3. The Balaban J connectivity index is 1.99. The minimum atomic E-state index is -0.463. The lowest BCUT2D eigenvalue weighted by atomic mass is 10.3. The van der Waals surface area contributed by atoms with Gasteiger partial charge in [-0.2, -0.15) is 0 Å². The highest BCUT2D eigenvalue weighted by atomic mass is 32.1. The van der Waals surface area contributed by atoms with Crippen LogP contribution in [-0.4, -0.2) is 16.3 Å². The van der Waals surface area contributed by atoms with Crippen LogP contribution in [0.3, 0.4) is 0 Å². The predicted molar refractivity (Wildman–Crippen MR) is 56.9 cm³/mol. The number of nitrogens with two attached hydrogens (primary N) is 1. The summed E-state index contributed by atoms with van der Waals surface area (Å²) < 4.78 is 9.50. The van der Waals surface area contributed by atoms with Crippen LogP contribution in [0.1, 0.15) is 21.1 Å². The zero-order valence-electron chi connectivity index (χ0n) is 8.47. The number of aromatic nitrogens is 2. The van der Waals surface area contributed by atoms with E-state index in [1.807, 2.05) is 0 Å². The first kappa shape index (κ1) is 10.6. The van der Waals surface area contributed by atoms with Crippen molar-refractivity contribution in [3.63, 3.8) is 0 Å². The van der Waals surface area contributed by atoms with Crippen molar-refractivity contribution in [2.24, 2.45) is 0 Å². The number of nitrogens with zero attached hydrogens (tertiary/aromatic N) is 2. The Morgan fingerprint density at radius 2 is 2.44 bits per heavy atom. The Morgan fingerprint density at radius 1 is 1.62 bits per heavy atom. The summed E-state index contributed by atoms with van der Waals surface area (Å²) >= 11 is 1.24. The summed E-state index contributed by atoms with van der Waals surface area (Å²) in [6.07, 6.45) is 0. The van der Waals surface area contributed by atoms with E-state index in [-0.39, 0.29) is 6.61 Å². The molecule has 7 heteroatoms. The summed E-state index contributed by atoms with van der Waals surface area (Å²) in [5.41, 5.74) is 7.11. The molecular weight excluding hydrogens is 230 g/mol. The summed E-state index contributed by atoms with van der Waals surface area (Å²) in [6, 6.07) is 1.66. The maximum atomic E-state index is 11.6. The van der Waals surface area contributed by atoms with Gasteiger partial charge in [0.2, 0.25) is 0 Å². The monoisotopic (exact) mass is 239 g/mol. The number of anilines is 1. The van der Waals surface area contributed by atoms with E-state index in [2.05, 4.69) is 14.9 Å². The highest BCUT2D eigenvalue weighted by Gasteiger charge is 2.14. The van der Waals surface area contributed by atoms with Crippen LogP contribution in [0.25, 0.3) is 0 Å². The minimum Gasteiger partial charge on any atom is -0.455 e. The van der Waals surface area contributed by atoms with Crippen LogP contribution >= 0.6 is 11.3 Å². The van der Waals surface area contributed by atoms with E-state index in [0.717, 1.165) is 0 Å². The zero-order chi connectivity index (χ0) is 11.5. The Hall–Kier alpha value is -1.89. The Kier molecular flexibility index (Phi) is 2.86. The van der Waals surface area contributed by atoms with Gasteiger partial charge in [0, 0.05) is 0 Å². The van der Waals surface area contributed by atoms with Gasteiger partial charge < -0.3 is 10.5 Å². The van der Waals surface area contributed by atoms with E-state index in [1.54, 1.807) is 18.4 Å². The standard InChI is InChI=1S/C9H9N3O3S/c1-5-7(12-15-11-5)4-14-9(13)8-6(10)2-3-16-8/h2-3H,4,10H2,1H3. The molecule has 0 saturated carbocycles. The molecule has 2 heterocycles. The molecule has 0 aliphatic rings. The maximum absolute atomic E-state index is 11.6. The first-order chi connectivity index (χ1) is 7.68. The molecule has 2 aromatic rings. The summed E-state index contributed by atoms with van der Waals surface area (Å²) in [5.74, 6) is -0.463. The second-order valence-electron chi connectivity index (χ2n) is 3.08. The van der Waals surface area contributed by atoms with E-state index in [9.17, 15) is 4.79 Å². The van der Waals surface area contributed by atoms with Crippen LogP contribution < -0.4 is 5.73 Å². The highest BCUT2D eigenvalue weighted by molar-refractivity contribution is 7.12. The van der Waals surface area contributed by atoms with Crippen LogP contribution in [0, 0.1) is 6.92 Å². The second kappa shape index (κ2) is 4.31. The van der Waals surface area contributed by atoms with Gasteiger partial charge in [-0.25, -0.2) is 9.42 Å². The molecule has 84 valence electrons. The lowest BCUT2D eigenvalue weighted by Gasteiger charge is -2.01. The molecule has 0 fully saturated rings. The molecule has 0 amide bonds. The van der Waals surface area contributed by atoms with Crippen molar-refractivity contribution in [3.8, 4) is 0 Å². The minimum absolute atomic E-state index is 0.0332. The number of carbonyl (C=O) groups is 1. The summed E-state index contributed by atoms with van der Waals surface area (Å²) in [5, 5.41) is 8.91. The quantitative estimate of drug-likeness (QED) is 0.813. The molecule has 0 unspecified atom stereocenters. The predicted octanol–water partition coefficient (Wildman–Crippen LogP) is 1.38. The van der Waals surface area contributed by atoms with Crippen LogP contribution in [0.4, 0.5) is 5.69 Å². The molecular formula is C9H9N3O3S. The molecule has 0 aliphatic heterocycles. The van der Waals surface area contributed by atoms with Crippen LogP contribution in [-0.2, 0) is 11.3 Å². The smallest absolute Gasteiger partial charge is 0.350 e. The third-order valence-electron chi connectivity index (χ3n) is 1.97. The fourth-order valence-electron chi connectivity index (χ4n) is 1.06. The van der Waals surface area contributed by atoms with Gasteiger partial charge in [0.25, 0.3) is 0 Å². The van der Waals surface area contributed by atoms with Gasteiger partial charge in [0.15, 0.2) is 0 Å². The molecule has 0 radical (unpaired) electrons. The van der Waals surface area contributed by atoms with Gasteiger partial charge >= 0.3 is 5.97 Å². The lowest BCUT2D eigenvalue weighted by Crippen LogP contribution is -2.06. The van der Waals surface area contributed by atoms with E-state index in [4.69, 9.17) is 10.5 Å². The summed E-state index contributed by atoms with van der Waals surface area (Å²) in [6.45, 7) is 1.75. The van der Waals surface area contributed by atoms with Crippen molar-refractivity contribution in [1.29, 1.82) is 0 Å². The molecule has 0 aliphatic carbocycles. The fraction of sp³-hybridized carbons (Fsp3) is 0.222. The van der Waals surface area contributed by atoms with Gasteiger partial charge in [0.1, 0.15) is 22.9 Å². The Morgan fingerprint density at radius 3 is 3.00 bits per heavy atom. The van der Waals surface area contributed by atoms with Crippen molar-refractivity contribution >= 4 is 23.0 Å². The van der Waals surface area contributed by atoms with Crippen molar-refractivity contribution in [2.45, 2.75) is 13.5 Å². The van der Waals surface area contributed by atoms with Gasteiger partial charge in [-0.05, 0) is 18.4 Å². The average Bonchev–Trinajstić information content (AvgIpc) is 2.84. The van der Waals surface area contributed by atoms with E-state index in [1.165, 1.54) is 11.3 Å². The van der Waals surface area contributed by atoms with Crippen molar-refractivity contribution in [2.75, 3.05) is 5.73 Å². The van der Waals surface area contributed by atoms with Gasteiger partial charge in [-0.15, -0.1) is 11.3 Å². The molecule has 0 saturated heterocycles. The third-order valence-corrected chi connectivity index (χ3v) is 2.88. The third kappa shape index (κ3) is 2.03. The Bertz CT molecular complexity index is 506.